The van der Waals surface area contributed by atoms with Gasteiger partial charge in [0.2, 0.25) is 10.0 Å². The van der Waals surface area contributed by atoms with E-state index in [1.807, 2.05) is 6.92 Å². The molecule has 1 aliphatic heterocycles. The summed E-state index contributed by atoms with van der Waals surface area (Å²) in [6.07, 6.45) is -0.506. The molecule has 1 unspecified atom stereocenters. The molecule has 1 aromatic carbocycles. The number of ether oxygens (including phenoxy) is 1. The quantitative estimate of drug-likeness (QED) is 0.396. The minimum atomic E-state index is -4.49. The summed E-state index contributed by atoms with van der Waals surface area (Å²) in [5.41, 5.74) is 0.0826. The number of fused-ring (bicyclic) bond motifs is 1. The molecule has 3 aromatic rings. The summed E-state index contributed by atoms with van der Waals surface area (Å²) < 4.78 is 91.9. The van der Waals surface area contributed by atoms with Crippen molar-refractivity contribution in [2.45, 2.75) is 63.3 Å². The van der Waals surface area contributed by atoms with Crippen LogP contribution in [0.1, 0.15) is 61.2 Å². The molecule has 1 saturated heterocycles. The first kappa shape index (κ1) is 18.5. The number of nitrogens with zero attached hydrogens (tertiary/aromatic N) is 4. The summed E-state index contributed by atoms with van der Waals surface area (Å²) in [5, 5.41) is 4.28. The molecule has 0 aliphatic carbocycles. The fourth-order valence-corrected chi connectivity index (χ4v) is 5.13. The van der Waals surface area contributed by atoms with E-state index in [9.17, 15) is 13.2 Å². The number of benzene rings is 1. The Bertz CT molecular complexity index is 1650. The number of aromatic amines is 1. The number of nitrogens with one attached hydrogen (secondary N) is 2. The lowest BCUT2D eigenvalue weighted by Gasteiger charge is -2.19. The van der Waals surface area contributed by atoms with Crippen molar-refractivity contribution >= 4 is 21.1 Å². The van der Waals surface area contributed by atoms with Crippen LogP contribution in [0.25, 0.3) is 22.4 Å². The topological polar surface area (TPSA) is 122 Å². The van der Waals surface area contributed by atoms with Crippen molar-refractivity contribution in [1.29, 1.82) is 0 Å². The standard InChI is InChI=1S/C25H36N6O4S/c1-5-8-20-22-23(31(4)29-20)25(32)28-24(27-22)19-16-18(10-11-21(19)35-15-6-2)36(33,34)26-13-12-17-9-7-14-30(17)3/h10-11,16-17,26H,5-9,12-15H2,1-4H3,(H,27,28,32)/i3D3,5D2,13D2. The highest BCUT2D eigenvalue weighted by Crippen LogP contribution is 2.31. The molecule has 3 heterocycles. The molecule has 0 saturated carbocycles. The minimum Gasteiger partial charge on any atom is -0.493 e. The third-order valence-electron chi connectivity index (χ3n) is 6.01. The van der Waals surface area contributed by atoms with E-state index in [2.05, 4.69) is 19.8 Å². The summed E-state index contributed by atoms with van der Waals surface area (Å²) in [6, 6.07) is 3.18. The Kier molecular flexibility index (Phi) is 5.70. The van der Waals surface area contributed by atoms with Gasteiger partial charge in [-0.3, -0.25) is 9.48 Å². The molecule has 0 amide bonds. The lowest BCUT2D eigenvalue weighted by atomic mass is 10.1. The predicted octanol–water partition coefficient (Wildman–Crippen LogP) is 2.83. The Morgan fingerprint density at radius 1 is 1.36 bits per heavy atom. The van der Waals surface area contributed by atoms with Crippen molar-refractivity contribution < 1.29 is 22.7 Å². The van der Waals surface area contributed by atoms with Gasteiger partial charge in [-0.2, -0.15) is 5.10 Å². The lowest BCUT2D eigenvalue weighted by Crippen LogP contribution is -2.31. The van der Waals surface area contributed by atoms with Gasteiger partial charge in [0.25, 0.3) is 5.56 Å². The zero-order chi connectivity index (χ0) is 32.0. The highest BCUT2D eigenvalue weighted by molar-refractivity contribution is 7.89. The van der Waals surface area contributed by atoms with Crippen LogP contribution >= 0.6 is 0 Å². The average Bonchev–Trinajstić information content (AvgIpc) is 3.44. The molecule has 1 fully saturated rings. The van der Waals surface area contributed by atoms with Crippen LogP contribution in [0.5, 0.6) is 5.75 Å². The van der Waals surface area contributed by atoms with Crippen molar-refractivity contribution in [2.75, 3.05) is 26.6 Å². The summed E-state index contributed by atoms with van der Waals surface area (Å²) in [4.78, 5) is 21.2. The zero-order valence-electron chi connectivity index (χ0n) is 27.6. The van der Waals surface area contributed by atoms with Crippen molar-refractivity contribution in [3.8, 4) is 17.1 Å². The maximum Gasteiger partial charge on any atom is 0.277 e. The van der Waals surface area contributed by atoms with E-state index in [0.717, 1.165) is 0 Å². The molecule has 4 rings (SSSR count). The molecule has 2 aromatic heterocycles. The average molecular weight is 524 g/mol. The summed E-state index contributed by atoms with van der Waals surface area (Å²) in [7, 11) is -2.95. The fraction of sp³-hybridized carbons (Fsp3) is 0.560. The second kappa shape index (κ2) is 11.1. The summed E-state index contributed by atoms with van der Waals surface area (Å²) >= 11 is 0. The molecule has 36 heavy (non-hydrogen) atoms. The van der Waals surface area contributed by atoms with Gasteiger partial charge in [-0.1, -0.05) is 20.2 Å². The number of likely N-dealkylation sites (tertiary alicyclic amines) is 1. The van der Waals surface area contributed by atoms with Crippen LogP contribution in [-0.2, 0) is 23.5 Å². The molecule has 0 spiro atoms. The van der Waals surface area contributed by atoms with Crippen molar-refractivity contribution in [1.82, 2.24) is 29.4 Å². The Hall–Kier alpha value is -2.76. The summed E-state index contributed by atoms with van der Waals surface area (Å²) in [5.74, 6) is 0.190. The van der Waals surface area contributed by atoms with E-state index in [1.165, 1.54) is 34.7 Å². The van der Waals surface area contributed by atoms with Crippen LogP contribution in [0.4, 0.5) is 0 Å². The molecule has 1 atom stereocenters. The van der Waals surface area contributed by atoms with Crippen LogP contribution in [0.2, 0.25) is 0 Å². The number of H-pyrrole nitrogens is 1. The molecule has 2 N–H and O–H groups in total. The smallest absolute Gasteiger partial charge is 0.277 e. The van der Waals surface area contributed by atoms with Gasteiger partial charge < -0.3 is 14.6 Å². The Labute approximate surface area is 222 Å². The van der Waals surface area contributed by atoms with Crippen molar-refractivity contribution in [3.05, 3.63) is 34.2 Å². The monoisotopic (exact) mass is 523 g/mol. The molecule has 0 radical (unpaired) electrons. The molecule has 196 valence electrons. The third-order valence-corrected chi connectivity index (χ3v) is 7.29. The number of aromatic nitrogens is 4. The van der Waals surface area contributed by atoms with Gasteiger partial charge in [-0.05, 0) is 63.8 Å². The largest absolute Gasteiger partial charge is 0.493 e. The van der Waals surface area contributed by atoms with Gasteiger partial charge in [0.1, 0.15) is 17.1 Å². The van der Waals surface area contributed by atoms with Crippen LogP contribution < -0.4 is 15.0 Å². The van der Waals surface area contributed by atoms with E-state index in [-0.39, 0.29) is 64.8 Å². The maximum atomic E-state index is 13.4. The van der Waals surface area contributed by atoms with Crippen LogP contribution in [-0.4, -0.2) is 65.7 Å². The Morgan fingerprint density at radius 3 is 2.94 bits per heavy atom. The van der Waals surface area contributed by atoms with E-state index in [0.29, 0.717) is 19.3 Å². The van der Waals surface area contributed by atoms with Gasteiger partial charge in [0.15, 0.2) is 5.52 Å². The lowest BCUT2D eigenvalue weighted by molar-refractivity contribution is 0.297. The van der Waals surface area contributed by atoms with Gasteiger partial charge >= 0.3 is 0 Å². The van der Waals surface area contributed by atoms with Gasteiger partial charge in [-0.15, -0.1) is 0 Å². The number of sulfonamides is 1. The highest BCUT2D eigenvalue weighted by Gasteiger charge is 2.23. The highest BCUT2D eigenvalue weighted by atomic mass is 32.2. The Morgan fingerprint density at radius 2 is 2.19 bits per heavy atom. The summed E-state index contributed by atoms with van der Waals surface area (Å²) in [6.45, 7) is -1.07. The first-order chi connectivity index (χ1) is 19.8. The van der Waals surface area contributed by atoms with E-state index in [1.54, 1.807) is 7.05 Å². The zero-order valence-corrected chi connectivity index (χ0v) is 21.4. The fourth-order valence-electron chi connectivity index (χ4n) is 4.22. The molecular formula is C25H36N6O4S. The number of rotatable bonds is 11. The second-order valence-electron chi connectivity index (χ2n) is 8.69. The van der Waals surface area contributed by atoms with Crippen LogP contribution in [0.3, 0.4) is 0 Å². The van der Waals surface area contributed by atoms with Gasteiger partial charge in [-0.25, -0.2) is 18.1 Å². The number of aryl methyl sites for hydroxylation is 2. The molecule has 10 nitrogen and oxygen atoms in total. The second-order valence-corrected chi connectivity index (χ2v) is 10.4. The molecule has 1 aliphatic rings. The molecule has 11 heteroatoms. The Balaban J connectivity index is 1.74. The van der Waals surface area contributed by atoms with Crippen LogP contribution in [0.15, 0.2) is 27.9 Å². The van der Waals surface area contributed by atoms with Gasteiger partial charge in [0, 0.05) is 29.2 Å². The third kappa shape index (κ3) is 5.47. The van der Waals surface area contributed by atoms with E-state index < -0.39 is 41.5 Å². The first-order valence-corrected chi connectivity index (χ1v) is 13.3. The van der Waals surface area contributed by atoms with Crippen LogP contribution in [0, 0.1) is 0 Å². The van der Waals surface area contributed by atoms with E-state index in [4.69, 9.17) is 14.3 Å². The first-order valence-electron chi connectivity index (χ1n) is 15.4. The van der Waals surface area contributed by atoms with Crippen molar-refractivity contribution in [2.24, 2.45) is 7.05 Å². The molecule has 0 bridgehead atoms. The number of hydrogen-bond acceptors (Lipinski definition) is 7. The maximum absolute atomic E-state index is 13.4. The van der Waals surface area contributed by atoms with Gasteiger partial charge in [0.05, 0.1) is 22.8 Å². The normalized spacial score (nSPS) is 20.8. The molecular weight excluding hydrogens is 480 g/mol. The van der Waals surface area contributed by atoms with Crippen molar-refractivity contribution in [3.63, 3.8) is 0 Å². The predicted molar refractivity (Wildman–Crippen MR) is 140 cm³/mol. The number of hydrogen-bond donors (Lipinski definition) is 2. The SMILES string of the molecule is [2H]C([2H])(C)Cc1nn(C)c2c(=O)[nH]c(-c3cc(S(=O)(=O)NC([2H])([2H])CC4CCCN4C([2H])([2H])[2H])ccc3OCCC)nc12. The van der Waals surface area contributed by atoms with E-state index >= 15 is 0 Å². The minimum absolute atomic E-state index is 0.0335.